The van der Waals surface area contributed by atoms with Crippen molar-refractivity contribution < 1.29 is 18.1 Å². The Kier molecular flexibility index (Phi) is 4.23. The second-order valence-electron chi connectivity index (χ2n) is 3.36. The average Bonchev–Trinajstić information content (AvgIpc) is 2.22. The van der Waals surface area contributed by atoms with Gasteiger partial charge in [-0.3, -0.25) is 10.1 Å². The summed E-state index contributed by atoms with van der Waals surface area (Å²) in [7, 11) is 0. The van der Waals surface area contributed by atoms with Gasteiger partial charge in [-0.2, -0.15) is 18.2 Å². The van der Waals surface area contributed by atoms with E-state index in [4.69, 9.17) is 5.73 Å². The van der Waals surface area contributed by atoms with Crippen molar-refractivity contribution in [2.75, 3.05) is 17.6 Å². The Morgan fingerprint density at radius 1 is 1.50 bits per heavy atom. The number of aromatic nitrogens is 2. The lowest BCUT2D eigenvalue weighted by Crippen LogP contribution is -2.13. The molecule has 0 unspecified atom stereocenters. The van der Waals surface area contributed by atoms with Crippen molar-refractivity contribution in [1.29, 1.82) is 0 Å². The zero-order chi connectivity index (χ0) is 13.8. The Morgan fingerprint density at radius 2 is 2.17 bits per heavy atom. The number of anilines is 2. The Balaban J connectivity index is 2.61. The van der Waals surface area contributed by atoms with Gasteiger partial charge in [0.1, 0.15) is 6.20 Å². The molecule has 100 valence electrons. The molecule has 0 spiro atoms. The highest BCUT2D eigenvalue weighted by atomic mass is 19.4. The second-order valence-corrected chi connectivity index (χ2v) is 3.36. The van der Waals surface area contributed by atoms with Gasteiger partial charge >= 0.3 is 11.9 Å². The number of hydrogen-bond donors (Lipinski definition) is 2. The Bertz CT molecular complexity index is 437. The first-order valence-corrected chi connectivity index (χ1v) is 4.87. The third-order valence-electron chi connectivity index (χ3n) is 1.91. The highest BCUT2D eigenvalue weighted by Gasteiger charge is 2.26. The summed E-state index contributed by atoms with van der Waals surface area (Å²) in [6, 6.07) is 0. The number of hydrogen-bond acceptors (Lipinski definition) is 6. The molecule has 0 aliphatic carbocycles. The molecule has 1 aromatic rings. The molecule has 1 aromatic heterocycles. The summed E-state index contributed by atoms with van der Waals surface area (Å²) < 4.78 is 35.6. The summed E-state index contributed by atoms with van der Waals surface area (Å²) >= 11 is 0. The number of halogens is 3. The molecule has 0 saturated carbocycles. The first kappa shape index (κ1) is 13.9. The quantitative estimate of drug-likeness (QED) is 0.477. The lowest BCUT2D eigenvalue weighted by molar-refractivity contribution is -0.384. The first-order chi connectivity index (χ1) is 8.29. The van der Waals surface area contributed by atoms with E-state index in [-0.39, 0.29) is 24.7 Å². The van der Waals surface area contributed by atoms with Crippen molar-refractivity contribution in [2.24, 2.45) is 0 Å². The maximum absolute atomic E-state index is 11.9. The maximum atomic E-state index is 11.9. The van der Waals surface area contributed by atoms with Crippen molar-refractivity contribution in [3.8, 4) is 0 Å². The summed E-state index contributed by atoms with van der Waals surface area (Å²) in [5.41, 5.74) is 4.80. The molecule has 10 heteroatoms. The van der Waals surface area contributed by atoms with Gasteiger partial charge in [0.25, 0.3) is 0 Å². The molecule has 0 radical (unpaired) electrons. The molecule has 0 bridgehead atoms. The minimum atomic E-state index is -4.25. The van der Waals surface area contributed by atoms with E-state index in [1.165, 1.54) is 0 Å². The maximum Gasteiger partial charge on any atom is 0.389 e. The standard InChI is InChI=1S/C8H10F3N5O2/c9-8(10,11)2-1-3-13-6-5(16(17)18)4-14-7(12)15-6/h4H,1-3H2,(H3,12,13,14,15). The van der Waals surface area contributed by atoms with Crippen LogP contribution in [0, 0.1) is 10.1 Å². The van der Waals surface area contributed by atoms with Crippen LogP contribution in [-0.2, 0) is 0 Å². The molecule has 7 nitrogen and oxygen atoms in total. The van der Waals surface area contributed by atoms with E-state index in [2.05, 4.69) is 15.3 Å². The molecule has 1 rings (SSSR count). The van der Waals surface area contributed by atoms with Crippen LogP contribution >= 0.6 is 0 Å². The molecule has 1 heterocycles. The van der Waals surface area contributed by atoms with Gasteiger partial charge < -0.3 is 11.1 Å². The van der Waals surface area contributed by atoms with Gasteiger partial charge in [0.2, 0.25) is 11.8 Å². The molecule has 0 fully saturated rings. The molecule has 18 heavy (non-hydrogen) atoms. The van der Waals surface area contributed by atoms with Gasteiger partial charge in [0, 0.05) is 13.0 Å². The summed E-state index contributed by atoms with van der Waals surface area (Å²) in [6.07, 6.45) is -4.55. The Morgan fingerprint density at radius 3 is 2.72 bits per heavy atom. The third kappa shape index (κ3) is 4.39. The van der Waals surface area contributed by atoms with Crippen molar-refractivity contribution in [3.63, 3.8) is 0 Å². The lowest BCUT2D eigenvalue weighted by atomic mass is 10.3. The molecule has 0 amide bonds. The Labute approximate surface area is 99.4 Å². The molecule has 0 atom stereocenters. The lowest BCUT2D eigenvalue weighted by Gasteiger charge is -2.08. The van der Waals surface area contributed by atoms with Gasteiger partial charge in [-0.15, -0.1) is 0 Å². The number of nitrogens with two attached hydrogens (primary N) is 1. The highest BCUT2D eigenvalue weighted by Crippen LogP contribution is 2.23. The normalized spacial score (nSPS) is 11.3. The zero-order valence-electron chi connectivity index (χ0n) is 9.07. The number of alkyl halides is 3. The van der Waals surface area contributed by atoms with Crippen molar-refractivity contribution in [1.82, 2.24) is 9.97 Å². The molecule has 0 aromatic carbocycles. The van der Waals surface area contributed by atoms with E-state index < -0.39 is 23.2 Å². The van der Waals surface area contributed by atoms with Gasteiger partial charge in [-0.25, -0.2) is 4.98 Å². The van der Waals surface area contributed by atoms with Gasteiger partial charge in [0.05, 0.1) is 4.92 Å². The zero-order valence-corrected chi connectivity index (χ0v) is 9.07. The molecule has 0 aliphatic heterocycles. The minimum Gasteiger partial charge on any atom is -0.368 e. The fraction of sp³-hybridized carbons (Fsp3) is 0.500. The SMILES string of the molecule is Nc1ncc([N+](=O)[O-])c(NCCCC(F)(F)F)n1. The van der Waals surface area contributed by atoms with Crippen LogP contribution in [0.4, 0.5) is 30.6 Å². The van der Waals surface area contributed by atoms with Crippen LogP contribution in [0.15, 0.2) is 6.20 Å². The number of rotatable bonds is 5. The summed E-state index contributed by atoms with van der Waals surface area (Å²) in [5.74, 6) is -0.381. The highest BCUT2D eigenvalue weighted by molar-refractivity contribution is 5.56. The minimum absolute atomic E-state index is 0.100. The van der Waals surface area contributed by atoms with E-state index in [9.17, 15) is 23.3 Å². The van der Waals surface area contributed by atoms with E-state index in [0.29, 0.717) is 0 Å². The van der Waals surface area contributed by atoms with Crippen LogP contribution in [0.2, 0.25) is 0 Å². The Hall–Kier alpha value is -2.13. The van der Waals surface area contributed by atoms with E-state index in [1.54, 1.807) is 0 Å². The third-order valence-corrected chi connectivity index (χ3v) is 1.91. The molecule has 3 N–H and O–H groups in total. The topological polar surface area (TPSA) is 107 Å². The number of nitro groups is 1. The van der Waals surface area contributed by atoms with E-state index in [1.807, 2.05) is 0 Å². The van der Waals surface area contributed by atoms with Crippen LogP contribution in [0.3, 0.4) is 0 Å². The summed E-state index contributed by atoms with van der Waals surface area (Å²) in [6.45, 7) is -0.100. The summed E-state index contributed by atoms with van der Waals surface area (Å²) in [4.78, 5) is 16.8. The average molecular weight is 265 g/mol. The van der Waals surface area contributed by atoms with Crippen molar-refractivity contribution in [2.45, 2.75) is 19.0 Å². The smallest absolute Gasteiger partial charge is 0.368 e. The van der Waals surface area contributed by atoms with E-state index in [0.717, 1.165) is 6.20 Å². The van der Waals surface area contributed by atoms with Crippen LogP contribution in [0.25, 0.3) is 0 Å². The predicted octanol–water partition coefficient (Wildman–Crippen LogP) is 1.72. The van der Waals surface area contributed by atoms with Gasteiger partial charge in [-0.1, -0.05) is 0 Å². The monoisotopic (exact) mass is 265 g/mol. The van der Waals surface area contributed by atoms with E-state index >= 15 is 0 Å². The summed E-state index contributed by atoms with van der Waals surface area (Å²) in [5, 5.41) is 13.0. The largest absolute Gasteiger partial charge is 0.389 e. The number of nitrogens with one attached hydrogen (secondary N) is 1. The number of nitrogen functional groups attached to an aromatic ring is 1. The molecular weight excluding hydrogens is 255 g/mol. The van der Waals surface area contributed by atoms with Crippen LogP contribution < -0.4 is 11.1 Å². The van der Waals surface area contributed by atoms with Gasteiger partial charge in [0.15, 0.2) is 0 Å². The predicted molar refractivity (Wildman–Crippen MR) is 56.9 cm³/mol. The second kappa shape index (κ2) is 5.47. The van der Waals surface area contributed by atoms with Crippen LogP contribution in [0.1, 0.15) is 12.8 Å². The van der Waals surface area contributed by atoms with Gasteiger partial charge in [-0.05, 0) is 6.42 Å². The fourth-order valence-corrected chi connectivity index (χ4v) is 1.15. The molecule has 0 saturated heterocycles. The van der Waals surface area contributed by atoms with Crippen molar-refractivity contribution >= 4 is 17.5 Å². The number of nitrogens with zero attached hydrogens (tertiary/aromatic N) is 3. The fourth-order valence-electron chi connectivity index (χ4n) is 1.15. The van der Waals surface area contributed by atoms with Crippen LogP contribution in [-0.4, -0.2) is 27.6 Å². The van der Waals surface area contributed by atoms with Crippen LogP contribution in [0.5, 0.6) is 0 Å². The molecular formula is C8H10F3N5O2. The molecule has 0 aliphatic rings. The van der Waals surface area contributed by atoms with Crippen molar-refractivity contribution in [3.05, 3.63) is 16.3 Å². The first-order valence-electron chi connectivity index (χ1n) is 4.87.